The van der Waals surface area contributed by atoms with Gasteiger partial charge in [0.25, 0.3) is 0 Å². The Labute approximate surface area is 125 Å². The summed E-state index contributed by atoms with van der Waals surface area (Å²) in [6.45, 7) is 2.98. The van der Waals surface area contributed by atoms with E-state index in [-0.39, 0.29) is 12.1 Å². The second-order valence-electron chi connectivity index (χ2n) is 5.42. The van der Waals surface area contributed by atoms with E-state index in [1.54, 1.807) is 7.11 Å². The summed E-state index contributed by atoms with van der Waals surface area (Å²) in [6.07, 6.45) is 1.18. The van der Waals surface area contributed by atoms with Crippen molar-refractivity contribution in [3.05, 3.63) is 59.7 Å². The lowest BCUT2D eigenvalue weighted by Gasteiger charge is -2.19. The van der Waals surface area contributed by atoms with Gasteiger partial charge in [-0.3, -0.25) is 0 Å². The smallest absolute Gasteiger partial charge is 0.123 e. The van der Waals surface area contributed by atoms with E-state index < -0.39 is 0 Å². The molecule has 0 spiro atoms. The Morgan fingerprint density at radius 3 is 2.76 bits per heavy atom. The number of benzene rings is 2. The Balaban J connectivity index is 1.59. The molecule has 3 heteroatoms. The molecule has 0 amide bonds. The topological polar surface area (TPSA) is 30.5 Å². The van der Waals surface area contributed by atoms with E-state index >= 15 is 0 Å². The number of para-hydroxylation sites is 2. The second-order valence-corrected chi connectivity index (χ2v) is 5.42. The van der Waals surface area contributed by atoms with Crippen LogP contribution in [0.4, 0.5) is 0 Å². The molecule has 110 valence electrons. The van der Waals surface area contributed by atoms with Crippen molar-refractivity contribution in [2.24, 2.45) is 0 Å². The number of rotatable bonds is 5. The van der Waals surface area contributed by atoms with Gasteiger partial charge in [0.2, 0.25) is 0 Å². The van der Waals surface area contributed by atoms with E-state index in [1.807, 2.05) is 30.3 Å². The third-order valence-corrected chi connectivity index (χ3v) is 3.97. The van der Waals surface area contributed by atoms with Crippen molar-refractivity contribution in [2.75, 3.05) is 13.7 Å². The van der Waals surface area contributed by atoms with Gasteiger partial charge in [-0.25, -0.2) is 0 Å². The van der Waals surface area contributed by atoms with Gasteiger partial charge in [0, 0.05) is 24.6 Å². The van der Waals surface area contributed by atoms with Crippen LogP contribution in [0.15, 0.2) is 48.5 Å². The molecule has 0 saturated heterocycles. The Morgan fingerprint density at radius 2 is 1.95 bits per heavy atom. The van der Waals surface area contributed by atoms with Gasteiger partial charge < -0.3 is 14.8 Å². The van der Waals surface area contributed by atoms with Crippen LogP contribution >= 0.6 is 0 Å². The van der Waals surface area contributed by atoms with E-state index in [0.717, 1.165) is 24.5 Å². The van der Waals surface area contributed by atoms with Crippen molar-refractivity contribution in [3.8, 4) is 11.5 Å². The lowest BCUT2D eigenvalue weighted by Crippen LogP contribution is -2.32. The van der Waals surface area contributed by atoms with Gasteiger partial charge in [0.1, 0.15) is 17.6 Å². The molecule has 0 aliphatic carbocycles. The van der Waals surface area contributed by atoms with E-state index in [9.17, 15) is 0 Å². The molecule has 0 aromatic heterocycles. The van der Waals surface area contributed by atoms with Gasteiger partial charge in [0.15, 0.2) is 0 Å². The maximum atomic E-state index is 5.96. The second kappa shape index (κ2) is 6.19. The molecule has 2 aromatic carbocycles. The summed E-state index contributed by atoms with van der Waals surface area (Å²) < 4.78 is 11.4. The minimum Gasteiger partial charge on any atom is -0.496 e. The number of methoxy groups -OCH3 is 1. The predicted octanol–water partition coefficient (Wildman–Crippen LogP) is 3.35. The molecule has 2 atom stereocenters. The SMILES string of the molecule is COc1ccccc1[C@H](C)NCC1Cc2ccccc2O1. The number of hydrogen-bond acceptors (Lipinski definition) is 3. The fourth-order valence-corrected chi connectivity index (χ4v) is 2.81. The lowest BCUT2D eigenvalue weighted by molar-refractivity contribution is 0.222. The van der Waals surface area contributed by atoms with Gasteiger partial charge in [-0.2, -0.15) is 0 Å². The first-order valence-electron chi connectivity index (χ1n) is 7.39. The Morgan fingerprint density at radius 1 is 1.19 bits per heavy atom. The van der Waals surface area contributed by atoms with Crippen LogP contribution in [0.3, 0.4) is 0 Å². The highest BCUT2D eigenvalue weighted by Crippen LogP contribution is 2.29. The first-order valence-corrected chi connectivity index (χ1v) is 7.39. The van der Waals surface area contributed by atoms with Gasteiger partial charge in [-0.1, -0.05) is 36.4 Å². The summed E-state index contributed by atoms with van der Waals surface area (Å²) in [5.74, 6) is 1.95. The normalized spacial score (nSPS) is 17.9. The predicted molar refractivity (Wildman–Crippen MR) is 84.0 cm³/mol. The highest BCUT2D eigenvalue weighted by atomic mass is 16.5. The maximum Gasteiger partial charge on any atom is 0.123 e. The molecule has 2 aromatic rings. The fourth-order valence-electron chi connectivity index (χ4n) is 2.81. The minimum atomic E-state index is 0.208. The molecular formula is C18H21NO2. The van der Waals surface area contributed by atoms with Gasteiger partial charge >= 0.3 is 0 Å². The number of fused-ring (bicyclic) bond motifs is 1. The Bertz CT molecular complexity index is 587. The average Bonchev–Trinajstić information content (AvgIpc) is 2.95. The van der Waals surface area contributed by atoms with Gasteiger partial charge in [-0.15, -0.1) is 0 Å². The average molecular weight is 283 g/mol. The number of nitrogens with one attached hydrogen (secondary N) is 1. The third-order valence-electron chi connectivity index (χ3n) is 3.97. The summed E-state index contributed by atoms with van der Waals surface area (Å²) >= 11 is 0. The van der Waals surface area contributed by atoms with Crippen LogP contribution < -0.4 is 14.8 Å². The van der Waals surface area contributed by atoms with Crippen LogP contribution in [0.1, 0.15) is 24.1 Å². The molecule has 3 nitrogen and oxygen atoms in total. The van der Waals surface area contributed by atoms with Crippen molar-refractivity contribution in [2.45, 2.75) is 25.5 Å². The molecule has 1 heterocycles. The van der Waals surface area contributed by atoms with Crippen molar-refractivity contribution in [3.63, 3.8) is 0 Å². The monoisotopic (exact) mass is 283 g/mol. The number of hydrogen-bond donors (Lipinski definition) is 1. The first kappa shape index (κ1) is 14.0. The van der Waals surface area contributed by atoms with Crippen LogP contribution in [0.2, 0.25) is 0 Å². The van der Waals surface area contributed by atoms with Crippen LogP contribution in [0, 0.1) is 0 Å². The minimum absolute atomic E-state index is 0.208. The summed E-state index contributed by atoms with van der Waals surface area (Å²) in [4.78, 5) is 0. The summed E-state index contributed by atoms with van der Waals surface area (Å²) in [6, 6.07) is 16.6. The maximum absolute atomic E-state index is 5.96. The zero-order valence-corrected chi connectivity index (χ0v) is 12.5. The van der Waals surface area contributed by atoms with Crippen LogP contribution in [0.25, 0.3) is 0 Å². The fraction of sp³-hybridized carbons (Fsp3) is 0.333. The van der Waals surface area contributed by atoms with Crippen LogP contribution in [-0.2, 0) is 6.42 Å². The third kappa shape index (κ3) is 3.03. The van der Waals surface area contributed by atoms with Crippen molar-refractivity contribution in [1.29, 1.82) is 0 Å². The van der Waals surface area contributed by atoms with Crippen molar-refractivity contribution >= 4 is 0 Å². The quantitative estimate of drug-likeness (QED) is 0.913. The summed E-state index contributed by atoms with van der Waals surface area (Å²) in [5.41, 5.74) is 2.48. The van der Waals surface area contributed by atoms with E-state index in [1.165, 1.54) is 11.1 Å². The summed E-state index contributed by atoms with van der Waals surface area (Å²) in [5, 5.41) is 3.55. The van der Waals surface area contributed by atoms with Crippen LogP contribution in [-0.4, -0.2) is 19.8 Å². The highest BCUT2D eigenvalue weighted by Gasteiger charge is 2.22. The molecule has 1 N–H and O–H groups in total. The van der Waals surface area contributed by atoms with Gasteiger partial charge in [-0.05, 0) is 24.6 Å². The zero-order valence-electron chi connectivity index (χ0n) is 12.5. The van der Waals surface area contributed by atoms with Crippen molar-refractivity contribution in [1.82, 2.24) is 5.32 Å². The van der Waals surface area contributed by atoms with Crippen molar-refractivity contribution < 1.29 is 9.47 Å². The summed E-state index contributed by atoms with van der Waals surface area (Å²) in [7, 11) is 1.71. The Kier molecular flexibility index (Phi) is 4.11. The molecule has 0 fully saturated rings. The highest BCUT2D eigenvalue weighted by molar-refractivity contribution is 5.38. The van der Waals surface area contributed by atoms with E-state index in [2.05, 4.69) is 30.4 Å². The van der Waals surface area contributed by atoms with Gasteiger partial charge in [0.05, 0.1) is 7.11 Å². The molecule has 21 heavy (non-hydrogen) atoms. The molecule has 1 unspecified atom stereocenters. The van der Waals surface area contributed by atoms with E-state index in [4.69, 9.17) is 9.47 Å². The zero-order chi connectivity index (χ0) is 14.7. The molecule has 0 saturated carbocycles. The number of ether oxygens (including phenoxy) is 2. The Hall–Kier alpha value is -2.00. The molecule has 1 aliphatic heterocycles. The van der Waals surface area contributed by atoms with E-state index in [0.29, 0.717) is 0 Å². The standard InChI is InChI=1S/C18H21NO2/c1-13(16-8-4-6-10-18(16)20-2)19-12-15-11-14-7-3-5-9-17(14)21-15/h3-10,13,15,19H,11-12H2,1-2H3/t13-,15?/m0/s1. The largest absolute Gasteiger partial charge is 0.496 e. The first-order chi connectivity index (χ1) is 10.3. The molecule has 3 rings (SSSR count). The molecule has 0 bridgehead atoms. The molecule has 1 aliphatic rings. The molecule has 0 radical (unpaired) electrons. The molecular weight excluding hydrogens is 262 g/mol. The lowest BCUT2D eigenvalue weighted by atomic mass is 10.1. The van der Waals surface area contributed by atoms with Crippen LogP contribution in [0.5, 0.6) is 11.5 Å².